The first-order valence-electron chi connectivity index (χ1n) is 5.58. The SMILES string of the molecule is C=CCC(=C)CCCCCCCC. The van der Waals surface area contributed by atoms with Gasteiger partial charge in [0, 0.05) is 0 Å². The molecule has 0 radical (unpaired) electrons. The summed E-state index contributed by atoms with van der Waals surface area (Å²) in [5.74, 6) is 0. The standard InChI is InChI=1S/C13H24/c1-4-6-7-8-9-10-12-13(3)11-5-2/h5H,2-4,6-12H2,1H3. The molecule has 0 aromatic heterocycles. The third-order valence-corrected chi connectivity index (χ3v) is 2.32. The van der Waals surface area contributed by atoms with Crippen LogP contribution in [0, 0.1) is 0 Å². The molecular weight excluding hydrogens is 156 g/mol. The summed E-state index contributed by atoms with van der Waals surface area (Å²) in [6, 6.07) is 0. The lowest BCUT2D eigenvalue weighted by Crippen LogP contribution is -1.82. The van der Waals surface area contributed by atoms with E-state index in [1.165, 1.54) is 50.5 Å². The molecule has 0 unspecified atom stereocenters. The lowest BCUT2D eigenvalue weighted by atomic mass is 10.0. The van der Waals surface area contributed by atoms with Crippen molar-refractivity contribution in [2.45, 2.75) is 58.3 Å². The smallest absolute Gasteiger partial charge is 0.0144 e. The van der Waals surface area contributed by atoms with Crippen LogP contribution in [-0.2, 0) is 0 Å². The summed E-state index contributed by atoms with van der Waals surface area (Å²) >= 11 is 0. The molecule has 0 spiro atoms. The molecule has 0 rings (SSSR count). The van der Waals surface area contributed by atoms with Gasteiger partial charge in [-0.3, -0.25) is 0 Å². The molecule has 0 atom stereocenters. The van der Waals surface area contributed by atoms with Crippen LogP contribution in [-0.4, -0.2) is 0 Å². The van der Waals surface area contributed by atoms with Gasteiger partial charge in [-0.2, -0.15) is 0 Å². The Labute approximate surface area is 83.7 Å². The van der Waals surface area contributed by atoms with Gasteiger partial charge in [0.05, 0.1) is 0 Å². The highest BCUT2D eigenvalue weighted by molar-refractivity contribution is 4.99. The van der Waals surface area contributed by atoms with E-state index in [-0.39, 0.29) is 0 Å². The molecule has 0 fully saturated rings. The lowest BCUT2D eigenvalue weighted by molar-refractivity contribution is 0.605. The lowest BCUT2D eigenvalue weighted by Gasteiger charge is -2.02. The molecule has 0 bridgehead atoms. The molecule has 0 heteroatoms. The summed E-state index contributed by atoms with van der Waals surface area (Å²) < 4.78 is 0. The van der Waals surface area contributed by atoms with Crippen molar-refractivity contribution in [3.8, 4) is 0 Å². The minimum absolute atomic E-state index is 0.995. The van der Waals surface area contributed by atoms with E-state index < -0.39 is 0 Å². The average Bonchev–Trinajstić information content (AvgIpc) is 2.11. The van der Waals surface area contributed by atoms with Gasteiger partial charge in [0.2, 0.25) is 0 Å². The van der Waals surface area contributed by atoms with Crippen molar-refractivity contribution >= 4 is 0 Å². The zero-order valence-corrected chi connectivity index (χ0v) is 9.15. The highest BCUT2D eigenvalue weighted by Crippen LogP contribution is 2.12. The van der Waals surface area contributed by atoms with Gasteiger partial charge in [0.1, 0.15) is 0 Å². The van der Waals surface area contributed by atoms with E-state index in [1.807, 2.05) is 6.08 Å². The van der Waals surface area contributed by atoms with E-state index >= 15 is 0 Å². The van der Waals surface area contributed by atoms with Gasteiger partial charge in [-0.25, -0.2) is 0 Å². The molecule has 0 saturated heterocycles. The van der Waals surface area contributed by atoms with Gasteiger partial charge in [-0.15, -0.1) is 6.58 Å². The van der Waals surface area contributed by atoms with E-state index in [0.29, 0.717) is 0 Å². The third-order valence-electron chi connectivity index (χ3n) is 2.32. The normalized spacial score (nSPS) is 9.92. The van der Waals surface area contributed by atoms with Crippen molar-refractivity contribution in [1.82, 2.24) is 0 Å². The predicted octanol–water partition coefficient (Wildman–Crippen LogP) is 4.87. The van der Waals surface area contributed by atoms with E-state index in [9.17, 15) is 0 Å². The van der Waals surface area contributed by atoms with Crippen molar-refractivity contribution in [2.24, 2.45) is 0 Å². The molecule has 0 aromatic rings. The zero-order chi connectivity index (χ0) is 9.94. The number of rotatable bonds is 9. The summed E-state index contributed by atoms with van der Waals surface area (Å²) in [7, 11) is 0. The van der Waals surface area contributed by atoms with Crippen LogP contribution in [0.25, 0.3) is 0 Å². The molecule has 0 aromatic carbocycles. The maximum Gasteiger partial charge on any atom is -0.0144 e. The van der Waals surface area contributed by atoms with Crippen LogP contribution in [0.15, 0.2) is 24.8 Å². The molecular formula is C13H24. The van der Waals surface area contributed by atoms with Gasteiger partial charge in [-0.05, 0) is 19.3 Å². The molecule has 0 amide bonds. The van der Waals surface area contributed by atoms with E-state index in [2.05, 4.69) is 20.1 Å². The summed E-state index contributed by atoms with van der Waals surface area (Å²) in [5.41, 5.74) is 1.34. The Bertz CT molecular complexity index is 133. The Balaban J connectivity index is 3.06. The van der Waals surface area contributed by atoms with Crippen molar-refractivity contribution < 1.29 is 0 Å². The Hall–Kier alpha value is -0.520. The minimum Gasteiger partial charge on any atom is -0.103 e. The first-order chi connectivity index (χ1) is 6.31. The highest BCUT2D eigenvalue weighted by atomic mass is 14.0. The Morgan fingerprint density at radius 3 is 2.31 bits per heavy atom. The maximum absolute atomic E-state index is 4.01. The summed E-state index contributed by atoms with van der Waals surface area (Å²) in [4.78, 5) is 0. The monoisotopic (exact) mass is 180 g/mol. The fourth-order valence-corrected chi connectivity index (χ4v) is 1.46. The minimum atomic E-state index is 0.995. The molecule has 0 saturated carbocycles. The van der Waals surface area contributed by atoms with Crippen molar-refractivity contribution in [2.75, 3.05) is 0 Å². The molecule has 0 aliphatic carbocycles. The quantitative estimate of drug-likeness (QED) is 0.351. The van der Waals surface area contributed by atoms with Crippen molar-refractivity contribution in [1.29, 1.82) is 0 Å². The van der Waals surface area contributed by atoms with Crippen molar-refractivity contribution in [3.63, 3.8) is 0 Å². The molecule has 0 heterocycles. The van der Waals surface area contributed by atoms with Crippen LogP contribution in [0.5, 0.6) is 0 Å². The van der Waals surface area contributed by atoms with Gasteiger partial charge >= 0.3 is 0 Å². The topological polar surface area (TPSA) is 0 Å². The Morgan fingerprint density at radius 1 is 1.08 bits per heavy atom. The van der Waals surface area contributed by atoms with Gasteiger partial charge in [0.15, 0.2) is 0 Å². The number of hydrogen-bond donors (Lipinski definition) is 0. The fourth-order valence-electron chi connectivity index (χ4n) is 1.46. The Kier molecular flexibility index (Phi) is 9.18. The fraction of sp³-hybridized carbons (Fsp3) is 0.692. The molecule has 0 N–H and O–H groups in total. The second-order valence-electron chi connectivity index (χ2n) is 3.76. The molecule has 0 aliphatic heterocycles. The molecule has 13 heavy (non-hydrogen) atoms. The van der Waals surface area contributed by atoms with Crippen LogP contribution in [0.4, 0.5) is 0 Å². The van der Waals surface area contributed by atoms with E-state index in [0.717, 1.165) is 6.42 Å². The number of hydrogen-bond acceptors (Lipinski definition) is 0. The second kappa shape index (κ2) is 9.57. The Morgan fingerprint density at radius 2 is 1.69 bits per heavy atom. The second-order valence-corrected chi connectivity index (χ2v) is 3.76. The van der Waals surface area contributed by atoms with Gasteiger partial charge < -0.3 is 0 Å². The predicted molar refractivity (Wildman–Crippen MR) is 61.9 cm³/mol. The van der Waals surface area contributed by atoms with Crippen LogP contribution in [0.1, 0.15) is 58.3 Å². The van der Waals surface area contributed by atoms with Crippen LogP contribution in [0.3, 0.4) is 0 Å². The van der Waals surface area contributed by atoms with Crippen LogP contribution < -0.4 is 0 Å². The highest BCUT2D eigenvalue weighted by Gasteiger charge is 1.92. The van der Waals surface area contributed by atoms with E-state index in [1.54, 1.807) is 0 Å². The number of allylic oxidation sites excluding steroid dienone is 2. The summed E-state index contributed by atoms with van der Waals surface area (Å²) in [5, 5.41) is 0. The maximum atomic E-state index is 4.01. The molecule has 0 aliphatic rings. The third kappa shape index (κ3) is 9.39. The van der Waals surface area contributed by atoms with Crippen LogP contribution in [0.2, 0.25) is 0 Å². The average molecular weight is 180 g/mol. The first kappa shape index (κ1) is 12.5. The van der Waals surface area contributed by atoms with E-state index in [4.69, 9.17) is 0 Å². The molecule has 76 valence electrons. The zero-order valence-electron chi connectivity index (χ0n) is 9.15. The van der Waals surface area contributed by atoms with Crippen LogP contribution >= 0.6 is 0 Å². The summed E-state index contributed by atoms with van der Waals surface area (Å²) in [6.45, 7) is 9.97. The number of unbranched alkanes of at least 4 members (excludes halogenated alkanes) is 5. The van der Waals surface area contributed by atoms with Gasteiger partial charge in [-0.1, -0.05) is 57.3 Å². The van der Waals surface area contributed by atoms with Crippen molar-refractivity contribution in [3.05, 3.63) is 24.8 Å². The largest absolute Gasteiger partial charge is 0.103 e. The summed E-state index contributed by atoms with van der Waals surface area (Å²) in [6.07, 6.45) is 12.4. The molecule has 0 nitrogen and oxygen atoms in total. The first-order valence-corrected chi connectivity index (χ1v) is 5.58. The van der Waals surface area contributed by atoms with Gasteiger partial charge in [0.25, 0.3) is 0 Å².